The number of likely N-dealkylation sites (tertiary alicyclic amines) is 2. The molecular weight excluding hydrogens is 354 g/mol. The van der Waals surface area contributed by atoms with Crippen LogP contribution in [-0.2, 0) is 20.9 Å². The van der Waals surface area contributed by atoms with Crippen LogP contribution in [0.5, 0.6) is 0 Å². The van der Waals surface area contributed by atoms with Gasteiger partial charge >= 0.3 is 0 Å². The highest BCUT2D eigenvalue weighted by Gasteiger charge is 2.48. The van der Waals surface area contributed by atoms with Crippen LogP contribution in [-0.4, -0.2) is 53.2 Å². The summed E-state index contributed by atoms with van der Waals surface area (Å²) in [5.74, 6) is -0.850. The summed E-state index contributed by atoms with van der Waals surface area (Å²) in [6, 6.07) is 10.5. The second kappa shape index (κ2) is 8.43. The number of fused-ring (bicyclic) bond motifs is 1. The molecule has 6 heteroatoms. The predicted molar refractivity (Wildman–Crippen MR) is 105 cm³/mol. The lowest BCUT2D eigenvalue weighted by Crippen LogP contribution is -2.48. The average molecular weight is 383 g/mol. The van der Waals surface area contributed by atoms with Gasteiger partial charge in [-0.15, -0.1) is 0 Å². The zero-order valence-corrected chi connectivity index (χ0v) is 16.3. The summed E-state index contributed by atoms with van der Waals surface area (Å²) in [4.78, 5) is 41.1. The SMILES string of the molecule is O=C(CN1C(=O)[C@@H]2CCCC[C@H]2C1=O)NC1CCN(Cc2ccccc2)CC1. The van der Waals surface area contributed by atoms with E-state index in [0.717, 1.165) is 58.2 Å². The van der Waals surface area contributed by atoms with Crippen LogP contribution in [0.15, 0.2) is 30.3 Å². The summed E-state index contributed by atoms with van der Waals surface area (Å²) in [7, 11) is 0. The van der Waals surface area contributed by atoms with Gasteiger partial charge in [-0.25, -0.2) is 0 Å². The third-order valence-corrected chi connectivity index (χ3v) is 6.44. The van der Waals surface area contributed by atoms with Gasteiger partial charge in [-0.1, -0.05) is 43.2 Å². The van der Waals surface area contributed by atoms with Crippen molar-refractivity contribution in [1.29, 1.82) is 0 Å². The minimum Gasteiger partial charge on any atom is -0.352 e. The molecule has 3 amide bonds. The van der Waals surface area contributed by atoms with Crippen molar-refractivity contribution in [2.75, 3.05) is 19.6 Å². The molecule has 0 spiro atoms. The number of hydrogen-bond acceptors (Lipinski definition) is 4. The molecule has 2 saturated heterocycles. The van der Waals surface area contributed by atoms with Crippen LogP contribution < -0.4 is 5.32 Å². The number of imide groups is 1. The number of nitrogens with zero attached hydrogens (tertiary/aromatic N) is 2. The van der Waals surface area contributed by atoms with Gasteiger partial charge in [0.1, 0.15) is 6.54 Å². The smallest absolute Gasteiger partial charge is 0.240 e. The van der Waals surface area contributed by atoms with Crippen molar-refractivity contribution in [3.05, 3.63) is 35.9 Å². The van der Waals surface area contributed by atoms with Gasteiger partial charge in [-0.2, -0.15) is 0 Å². The Hall–Kier alpha value is -2.21. The first kappa shape index (κ1) is 19.1. The Morgan fingerprint density at radius 1 is 0.929 bits per heavy atom. The number of rotatable bonds is 5. The fourth-order valence-electron chi connectivity index (χ4n) is 4.88. The summed E-state index contributed by atoms with van der Waals surface area (Å²) < 4.78 is 0. The monoisotopic (exact) mass is 383 g/mol. The Kier molecular flexibility index (Phi) is 5.76. The molecule has 1 saturated carbocycles. The van der Waals surface area contributed by atoms with Crippen LogP contribution in [0.2, 0.25) is 0 Å². The molecule has 0 aromatic heterocycles. The molecule has 6 nitrogen and oxygen atoms in total. The van der Waals surface area contributed by atoms with E-state index in [4.69, 9.17) is 0 Å². The van der Waals surface area contributed by atoms with E-state index >= 15 is 0 Å². The number of carbonyl (C=O) groups is 3. The number of hydrogen-bond donors (Lipinski definition) is 1. The zero-order valence-electron chi connectivity index (χ0n) is 16.3. The van der Waals surface area contributed by atoms with Crippen molar-refractivity contribution < 1.29 is 14.4 Å². The van der Waals surface area contributed by atoms with Crippen LogP contribution in [0.25, 0.3) is 0 Å². The molecule has 2 atom stereocenters. The molecule has 0 bridgehead atoms. The summed E-state index contributed by atoms with van der Waals surface area (Å²) in [6.45, 7) is 2.69. The molecule has 1 aliphatic carbocycles. The Balaban J connectivity index is 1.24. The lowest BCUT2D eigenvalue weighted by Gasteiger charge is -2.32. The fraction of sp³-hybridized carbons (Fsp3) is 0.591. The van der Waals surface area contributed by atoms with Crippen molar-refractivity contribution in [2.45, 2.75) is 51.1 Å². The Bertz CT molecular complexity index is 704. The Morgan fingerprint density at radius 3 is 2.14 bits per heavy atom. The second-order valence-corrected chi connectivity index (χ2v) is 8.36. The molecular formula is C22H29N3O3. The largest absolute Gasteiger partial charge is 0.352 e. The van der Waals surface area contributed by atoms with Crippen LogP contribution in [0.3, 0.4) is 0 Å². The molecule has 4 rings (SSSR count). The molecule has 1 aromatic carbocycles. The van der Waals surface area contributed by atoms with Crippen molar-refractivity contribution in [3.63, 3.8) is 0 Å². The molecule has 1 N–H and O–H groups in total. The van der Waals surface area contributed by atoms with Gasteiger partial charge in [-0.05, 0) is 31.2 Å². The highest BCUT2D eigenvalue weighted by atomic mass is 16.2. The van der Waals surface area contributed by atoms with Gasteiger partial charge in [-0.3, -0.25) is 24.2 Å². The van der Waals surface area contributed by atoms with Crippen molar-refractivity contribution in [2.24, 2.45) is 11.8 Å². The topological polar surface area (TPSA) is 69.7 Å². The van der Waals surface area contributed by atoms with Crippen LogP contribution >= 0.6 is 0 Å². The fourth-order valence-corrected chi connectivity index (χ4v) is 4.88. The van der Waals surface area contributed by atoms with Crippen LogP contribution in [0.1, 0.15) is 44.1 Å². The van der Waals surface area contributed by atoms with E-state index in [2.05, 4.69) is 34.5 Å². The van der Waals surface area contributed by atoms with E-state index in [1.165, 1.54) is 10.5 Å². The van der Waals surface area contributed by atoms with E-state index in [1.807, 2.05) is 6.07 Å². The Labute approximate surface area is 166 Å². The number of carbonyl (C=O) groups excluding carboxylic acids is 3. The first-order valence-electron chi connectivity index (χ1n) is 10.5. The lowest BCUT2D eigenvalue weighted by atomic mass is 9.81. The number of nitrogens with one attached hydrogen (secondary N) is 1. The summed E-state index contributed by atoms with van der Waals surface area (Å²) in [5.41, 5.74) is 1.30. The maximum absolute atomic E-state index is 12.5. The van der Waals surface area contributed by atoms with Gasteiger partial charge in [0.05, 0.1) is 11.8 Å². The Morgan fingerprint density at radius 2 is 1.54 bits per heavy atom. The number of amides is 3. The van der Waals surface area contributed by atoms with E-state index in [1.54, 1.807) is 0 Å². The van der Waals surface area contributed by atoms with Crippen molar-refractivity contribution in [3.8, 4) is 0 Å². The maximum atomic E-state index is 12.5. The van der Waals surface area contributed by atoms with Gasteiger partial charge < -0.3 is 5.32 Å². The average Bonchev–Trinajstić information content (AvgIpc) is 2.95. The molecule has 28 heavy (non-hydrogen) atoms. The third-order valence-electron chi connectivity index (χ3n) is 6.44. The maximum Gasteiger partial charge on any atom is 0.240 e. The third kappa shape index (κ3) is 4.12. The first-order valence-corrected chi connectivity index (χ1v) is 10.5. The minimum absolute atomic E-state index is 0.116. The molecule has 3 fully saturated rings. The van der Waals surface area contributed by atoms with Gasteiger partial charge in [0.15, 0.2) is 0 Å². The summed E-state index contributed by atoms with van der Waals surface area (Å²) in [6.07, 6.45) is 5.36. The molecule has 3 aliphatic rings. The second-order valence-electron chi connectivity index (χ2n) is 8.36. The van der Waals surface area contributed by atoms with E-state index in [9.17, 15) is 14.4 Å². The van der Waals surface area contributed by atoms with E-state index in [-0.39, 0.29) is 42.1 Å². The van der Waals surface area contributed by atoms with Crippen LogP contribution in [0, 0.1) is 11.8 Å². The standard InChI is InChI=1S/C22H29N3O3/c26-20(15-25-21(27)18-8-4-5-9-19(18)22(25)28)23-17-10-12-24(13-11-17)14-16-6-2-1-3-7-16/h1-3,6-7,17-19H,4-5,8-15H2,(H,23,26)/t18-,19-/m1/s1. The molecule has 2 heterocycles. The molecule has 0 unspecified atom stereocenters. The summed E-state index contributed by atoms with van der Waals surface area (Å²) in [5, 5.41) is 3.04. The summed E-state index contributed by atoms with van der Waals surface area (Å²) >= 11 is 0. The molecule has 150 valence electrons. The van der Waals surface area contributed by atoms with Crippen molar-refractivity contribution >= 4 is 17.7 Å². The zero-order chi connectivity index (χ0) is 19.5. The molecule has 0 radical (unpaired) electrons. The van der Waals surface area contributed by atoms with Gasteiger partial charge in [0, 0.05) is 25.7 Å². The van der Waals surface area contributed by atoms with E-state index < -0.39 is 0 Å². The van der Waals surface area contributed by atoms with Gasteiger partial charge in [0.2, 0.25) is 17.7 Å². The highest BCUT2D eigenvalue weighted by Crippen LogP contribution is 2.37. The molecule has 2 aliphatic heterocycles. The normalized spacial score (nSPS) is 26.4. The number of piperidine rings is 1. The highest BCUT2D eigenvalue weighted by molar-refractivity contribution is 6.07. The molecule has 1 aromatic rings. The van der Waals surface area contributed by atoms with Gasteiger partial charge in [0.25, 0.3) is 0 Å². The first-order chi connectivity index (χ1) is 13.6. The predicted octanol–water partition coefficient (Wildman–Crippen LogP) is 1.94. The number of benzene rings is 1. The lowest BCUT2D eigenvalue weighted by molar-refractivity contribution is -0.143. The quantitative estimate of drug-likeness (QED) is 0.789. The van der Waals surface area contributed by atoms with Crippen LogP contribution in [0.4, 0.5) is 0 Å². The van der Waals surface area contributed by atoms with Crippen molar-refractivity contribution in [1.82, 2.24) is 15.1 Å². The minimum atomic E-state index is -0.207. The van der Waals surface area contributed by atoms with E-state index in [0.29, 0.717) is 0 Å².